The van der Waals surface area contributed by atoms with Crippen molar-refractivity contribution in [1.82, 2.24) is 19.6 Å². The fourth-order valence-corrected chi connectivity index (χ4v) is 10.5. The van der Waals surface area contributed by atoms with Crippen molar-refractivity contribution in [3.05, 3.63) is 96.5 Å². The fourth-order valence-electron chi connectivity index (χ4n) is 6.83. The van der Waals surface area contributed by atoms with Crippen LogP contribution in [0.2, 0.25) is 20.1 Å². The molecule has 6 heterocycles. The summed E-state index contributed by atoms with van der Waals surface area (Å²) in [6.45, 7) is 2.58. The fraction of sp³-hybridized carbons (Fsp3) is 0.316. The highest BCUT2D eigenvalue weighted by Gasteiger charge is 2.31. The molecule has 18 heteroatoms. The Hall–Kier alpha value is -3.15. The van der Waals surface area contributed by atoms with E-state index >= 15 is 0 Å². The summed E-state index contributed by atoms with van der Waals surface area (Å²) in [5.41, 5.74) is 6.44. The summed E-state index contributed by atoms with van der Waals surface area (Å²) in [6.07, 6.45) is 4.89. The van der Waals surface area contributed by atoms with Gasteiger partial charge in [-0.2, -0.15) is 18.6 Å². The second-order valence-corrected chi connectivity index (χ2v) is 18.4. The summed E-state index contributed by atoms with van der Waals surface area (Å²) in [6, 6.07) is 13.8. The molecular formula is C38H34Cl4N4O7S3. The number of aromatic nitrogens is 4. The number of thiophene rings is 2. The highest BCUT2D eigenvalue weighted by atomic mass is 35.5. The van der Waals surface area contributed by atoms with E-state index in [4.69, 9.17) is 75.5 Å². The predicted molar refractivity (Wildman–Crippen MR) is 220 cm³/mol. The van der Waals surface area contributed by atoms with Gasteiger partial charge in [0.2, 0.25) is 0 Å². The summed E-state index contributed by atoms with van der Waals surface area (Å²) >= 11 is 28.2. The van der Waals surface area contributed by atoms with Crippen molar-refractivity contribution in [1.29, 1.82) is 0 Å². The maximum Gasteiger partial charge on any atom is 0.304 e. The van der Waals surface area contributed by atoms with Gasteiger partial charge < -0.3 is 18.9 Å². The summed E-state index contributed by atoms with van der Waals surface area (Å²) in [5.74, 6) is 1.19. The third-order valence-corrected chi connectivity index (χ3v) is 13.8. The molecule has 0 atom stereocenters. The molecule has 1 N–H and O–H groups in total. The predicted octanol–water partition coefficient (Wildman–Crippen LogP) is 10.5. The van der Waals surface area contributed by atoms with E-state index < -0.39 is 10.1 Å². The number of ether oxygens (including phenoxy) is 4. The minimum Gasteiger partial charge on any atom is -0.492 e. The zero-order chi connectivity index (χ0) is 39.0. The van der Waals surface area contributed by atoms with Crippen molar-refractivity contribution >= 4 is 79.2 Å². The molecule has 0 saturated heterocycles. The van der Waals surface area contributed by atoms with E-state index in [0.717, 1.165) is 75.8 Å². The first-order valence-corrected chi connectivity index (χ1v) is 22.4. The zero-order valence-corrected chi connectivity index (χ0v) is 35.1. The normalized spacial score (nSPS) is 13.6. The van der Waals surface area contributed by atoms with Crippen LogP contribution in [0.15, 0.2) is 58.1 Å². The van der Waals surface area contributed by atoms with Crippen LogP contribution < -0.4 is 9.47 Å². The first-order valence-electron chi connectivity index (χ1n) is 17.8. The van der Waals surface area contributed by atoms with E-state index in [1.165, 1.54) is 6.07 Å². The first-order chi connectivity index (χ1) is 27.1. The summed E-state index contributed by atoms with van der Waals surface area (Å²) in [5, 5.41) is 13.8. The van der Waals surface area contributed by atoms with Gasteiger partial charge in [0, 0.05) is 53.3 Å². The quantitative estimate of drug-likeness (QED) is 0.0840. The molecule has 2 aliphatic rings. The Morgan fingerprint density at radius 1 is 0.714 bits per heavy atom. The number of fused-ring (bicyclic) bond motifs is 6. The largest absolute Gasteiger partial charge is 0.492 e. The molecule has 2 aliphatic heterocycles. The molecule has 0 amide bonds. The van der Waals surface area contributed by atoms with Crippen LogP contribution in [0.3, 0.4) is 0 Å². The molecule has 8 rings (SSSR count). The minimum atomic E-state index is -4.44. The molecule has 6 aromatic rings. The molecule has 0 spiro atoms. The number of halogens is 4. The molecule has 0 fully saturated rings. The summed E-state index contributed by atoms with van der Waals surface area (Å²) < 4.78 is 61.4. The Bertz CT molecular complexity index is 2510. The lowest BCUT2D eigenvalue weighted by molar-refractivity contribution is 0.105. The summed E-state index contributed by atoms with van der Waals surface area (Å²) in [7, 11) is -4.44. The van der Waals surface area contributed by atoms with Crippen LogP contribution in [0.4, 0.5) is 0 Å². The Morgan fingerprint density at radius 2 is 1.25 bits per heavy atom. The van der Waals surface area contributed by atoms with Gasteiger partial charge in [0.15, 0.2) is 4.21 Å². The molecule has 0 radical (unpaired) electrons. The number of hydrogen-bond donors (Lipinski definition) is 1. The molecule has 4 aromatic heterocycles. The second kappa shape index (κ2) is 17.0. The molecule has 294 valence electrons. The number of hydrogen-bond acceptors (Lipinski definition) is 10. The molecule has 2 aromatic carbocycles. The summed E-state index contributed by atoms with van der Waals surface area (Å²) in [4.78, 5) is 1.54. The van der Waals surface area contributed by atoms with Crippen LogP contribution in [-0.4, -0.2) is 59.0 Å². The maximum absolute atomic E-state index is 12.0. The molecule has 56 heavy (non-hydrogen) atoms. The van der Waals surface area contributed by atoms with E-state index in [2.05, 4.69) is 0 Å². The van der Waals surface area contributed by atoms with Crippen LogP contribution in [0, 0.1) is 0 Å². The van der Waals surface area contributed by atoms with Gasteiger partial charge >= 0.3 is 10.1 Å². The molecule has 0 bridgehead atoms. The molecule has 0 unspecified atom stereocenters. The average molecular weight is 897 g/mol. The van der Waals surface area contributed by atoms with Crippen molar-refractivity contribution in [2.75, 3.05) is 26.4 Å². The van der Waals surface area contributed by atoms with E-state index in [9.17, 15) is 13.0 Å². The smallest absolute Gasteiger partial charge is 0.304 e. The van der Waals surface area contributed by atoms with Gasteiger partial charge in [-0.25, -0.2) is 9.36 Å². The number of nitrogens with zero attached hydrogens (tertiary/aromatic N) is 4. The van der Waals surface area contributed by atoms with Gasteiger partial charge in [-0.05, 0) is 60.7 Å². The van der Waals surface area contributed by atoms with Crippen LogP contribution in [-0.2, 0) is 45.6 Å². The lowest BCUT2D eigenvalue weighted by Crippen LogP contribution is -2.04. The number of benzene rings is 2. The monoisotopic (exact) mass is 894 g/mol. The van der Waals surface area contributed by atoms with Crippen molar-refractivity contribution < 1.29 is 31.9 Å². The third-order valence-electron chi connectivity index (χ3n) is 9.42. The Morgan fingerprint density at radius 3 is 1.79 bits per heavy atom. The van der Waals surface area contributed by atoms with E-state index in [-0.39, 0.29) is 10.8 Å². The van der Waals surface area contributed by atoms with E-state index in [1.807, 2.05) is 28.3 Å². The Balaban J connectivity index is 0.872. The van der Waals surface area contributed by atoms with Crippen LogP contribution in [0.5, 0.6) is 11.5 Å². The standard InChI is InChI=1S/C38H34Cl4N4O7S3/c39-22-5-7-30(26(41)17-22)45-35-24(9-14-52-32-11-16-54-37(32)35)28(43-45)20-50-12-3-1-2-4-13-51-21-29-25-10-15-53-33-19-34(56(47,48)49)55-38(33)36(25)46(44-29)31-8-6-23(40)18-27(31)42/h5-8,11,16-19H,1-4,9-10,12-15,20-21H2,(H,47,48,49). The van der Waals surface area contributed by atoms with Gasteiger partial charge in [-0.1, -0.05) is 59.2 Å². The number of unbranched alkanes of at least 4 members (excludes halogenated alkanes) is 3. The van der Waals surface area contributed by atoms with Crippen molar-refractivity contribution in [3.8, 4) is 44.0 Å². The van der Waals surface area contributed by atoms with E-state index in [1.54, 1.807) is 40.3 Å². The molecule has 11 nitrogen and oxygen atoms in total. The maximum atomic E-state index is 12.0. The van der Waals surface area contributed by atoms with Gasteiger partial charge in [-0.15, -0.1) is 22.7 Å². The molecule has 0 saturated carbocycles. The van der Waals surface area contributed by atoms with Crippen molar-refractivity contribution in [2.45, 2.75) is 55.9 Å². The third kappa shape index (κ3) is 8.24. The minimum absolute atomic E-state index is 0.217. The number of rotatable bonds is 14. The van der Waals surface area contributed by atoms with Gasteiger partial charge in [0.05, 0.1) is 80.4 Å². The van der Waals surface area contributed by atoms with Gasteiger partial charge in [0.1, 0.15) is 11.5 Å². The molecular weight excluding hydrogens is 862 g/mol. The van der Waals surface area contributed by atoms with Crippen LogP contribution >= 0.6 is 69.1 Å². The van der Waals surface area contributed by atoms with Gasteiger partial charge in [-0.3, -0.25) is 4.55 Å². The Labute approximate surface area is 351 Å². The topological polar surface area (TPSA) is 127 Å². The van der Waals surface area contributed by atoms with Crippen LogP contribution in [0.1, 0.15) is 48.2 Å². The highest BCUT2D eigenvalue weighted by Crippen LogP contribution is 2.46. The lowest BCUT2D eigenvalue weighted by atomic mass is 10.1. The molecule has 0 aliphatic carbocycles. The van der Waals surface area contributed by atoms with Crippen molar-refractivity contribution in [3.63, 3.8) is 0 Å². The van der Waals surface area contributed by atoms with Crippen molar-refractivity contribution in [2.24, 2.45) is 0 Å². The van der Waals surface area contributed by atoms with Crippen LogP contribution in [0.25, 0.3) is 32.5 Å². The zero-order valence-electron chi connectivity index (χ0n) is 29.6. The first kappa shape index (κ1) is 39.7. The highest BCUT2D eigenvalue weighted by molar-refractivity contribution is 7.88. The SMILES string of the molecule is O=S(=O)(O)c1cc2c(s1)-c1c(c(COCCCCCCOCc3nn(-c4ccc(Cl)cc4Cl)c4c3CCOc3ccsc3-4)nn1-c1ccc(Cl)cc1Cl)CCO2. The average Bonchev–Trinajstić information content (AvgIpc) is 3.90. The van der Waals surface area contributed by atoms with Gasteiger partial charge in [0.25, 0.3) is 0 Å². The van der Waals surface area contributed by atoms with E-state index in [0.29, 0.717) is 93.7 Å². The lowest BCUT2D eigenvalue weighted by Gasteiger charge is -2.10. The second-order valence-electron chi connectivity index (χ2n) is 13.1. The Kier molecular flexibility index (Phi) is 12.0.